The minimum atomic E-state index is -0.174. The van der Waals surface area contributed by atoms with Crippen molar-refractivity contribution >= 4 is 11.8 Å². The van der Waals surface area contributed by atoms with Crippen molar-refractivity contribution in [3.8, 4) is 0 Å². The van der Waals surface area contributed by atoms with E-state index in [9.17, 15) is 9.59 Å². The van der Waals surface area contributed by atoms with Gasteiger partial charge in [-0.25, -0.2) is 0 Å². The Hall–Kier alpha value is -2.50. The summed E-state index contributed by atoms with van der Waals surface area (Å²) in [6, 6.07) is 18.0. The maximum absolute atomic E-state index is 12.4. The first-order valence-electron chi connectivity index (χ1n) is 9.67. The Bertz CT molecular complexity index is 786. The first-order valence-corrected chi connectivity index (χ1v) is 9.67. The largest absolute Gasteiger partial charge is 0.311 e. The van der Waals surface area contributed by atoms with Crippen LogP contribution in [0.25, 0.3) is 0 Å². The minimum Gasteiger partial charge on any atom is -0.311 e. The quantitative estimate of drug-likeness (QED) is 0.802. The highest BCUT2D eigenvalue weighted by atomic mass is 16.2. The zero-order valence-corrected chi connectivity index (χ0v) is 15.4. The van der Waals surface area contributed by atoms with Gasteiger partial charge in [0.05, 0.1) is 11.1 Å². The fourth-order valence-corrected chi connectivity index (χ4v) is 4.03. The Kier molecular flexibility index (Phi) is 5.32. The standard InChI is InChI=1S/C22H25N3O2/c26-21-19-10-4-5-11-20(19)22(27)25(21)14-12-23-18-9-6-13-24(16-18)15-17-7-2-1-3-8-17/h1-5,7-8,10-11,18,23H,6,9,12-16H2. The van der Waals surface area contributed by atoms with Crippen LogP contribution in [-0.2, 0) is 6.54 Å². The van der Waals surface area contributed by atoms with Gasteiger partial charge in [0.1, 0.15) is 0 Å². The maximum Gasteiger partial charge on any atom is 0.261 e. The third-order valence-corrected chi connectivity index (χ3v) is 5.40. The van der Waals surface area contributed by atoms with E-state index in [-0.39, 0.29) is 11.8 Å². The molecule has 5 heteroatoms. The molecule has 27 heavy (non-hydrogen) atoms. The average molecular weight is 363 g/mol. The Morgan fingerprint density at radius 2 is 1.59 bits per heavy atom. The lowest BCUT2D eigenvalue weighted by Gasteiger charge is -2.33. The van der Waals surface area contributed by atoms with Crippen molar-refractivity contribution in [3.63, 3.8) is 0 Å². The van der Waals surface area contributed by atoms with E-state index >= 15 is 0 Å². The van der Waals surface area contributed by atoms with Crippen LogP contribution < -0.4 is 5.32 Å². The van der Waals surface area contributed by atoms with Crippen LogP contribution in [0.5, 0.6) is 0 Å². The lowest BCUT2D eigenvalue weighted by molar-refractivity contribution is 0.0652. The highest BCUT2D eigenvalue weighted by Gasteiger charge is 2.34. The fourth-order valence-electron chi connectivity index (χ4n) is 4.03. The molecule has 1 N–H and O–H groups in total. The molecule has 140 valence electrons. The number of hydrogen-bond acceptors (Lipinski definition) is 4. The summed E-state index contributed by atoms with van der Waals surface area (Å²) in [6.07, 6.45) is 2.30. The fraction of sp³-hybridized carbons (Fsp3) is 0.364. The minimum absolute atomic E-state index is 0.174. The molecule has 4 rings (SSSR count). The first-order chi connectivity index (χ1) is 13.2. The number of carbonyl (C=O) groups excluding carboxylic acids is 2. The van der Waals surface area contributed by atoms with E-state index in [0.29, 0.717) is 30.3 Å². The van der Waals surface area contributed by atoms with Gasteiger partial charge in [-0.2, -0.15) is 0 Å². The van der Waals surface area contributed by atoms with Gasteiger partial charge in [0.2, 0.25) is 0 Å². The van der Waals surface area contributed by atoms with Crippen molar-refractivity contribution < 1.29 is 9.59 Å². The zero-order chi connectivity index (χ0) is 18.6. The Morgan fingerprint density at radius 3 is 2.30 bits per heavy atom. The number of nitrogens with one attached hydrogen (secondary N) is 1. The second-order valence-electron chi connectivity index (χ2n) is 7.32. The van der Waals surface area contributed by atoms with Gasteiger partial charge in [0.25, 0.3) is 11.8 Å². The molecule has 1 saturated heterocycles. The monoisotopic (exact) mass is 363 g/mol. The Labute approximate surface area is 160 Å². The molecule has 5 nitrogen and oxygen atoms in total. The van der Waals surface area contributed by atoms with Crippen molar-refractivity contribution in [2.24, 2.45) is 0 Å². The molecule has 0 aromatic heterocycles. The van der Waals surface area contributed by atoms with Crippen LogP contribution in [0.15, 0.2) is 54.6 Å². The van der Waals surface area contributed by atoms with Gasteiger partial charge in [-0.3, -0.25) is 19.4 Å². The molecular weight excluding hydrogens is 338 g/mol. The van der Waals surface area contributed by atoms with Gasteiger partial charge in [-0.05, 0) is 37.1 Å². The molecule has 2 aromatic rings. The number of likely N-dealkylation sites (tertiary alicyclic amines) is 1. The average Bonchev–Trinajstić information content (AvgIpc) is 2.94. The predicted octanol–water partition coefficient (Wildman–Crippen LogP) is 2.54. The van der Waals surface area contributed by atoms with Crippen molar-refractivity contribution in [1.82, 2.24) is 15.1 Å². The summed E-state index contributed by atoms with van der Waals surface area (Å²) in [4.78, 5) is 28.7. The molecule has 2 amide bonds. The molecule has 0 spiro atoms. The van der Waals surface area contributed by atoms with Crippen LogP contribution in [0.1, 0.15) is 39.1 Å². The molecule has 2 heterocycles. The molecular formula is C22H25N3O2. The van der Waals surface area contributed by atoms with Crippen LogP contribution in [0, 0.1) is 0 Å². The predicted molar refractivity (Wildman–Crippen MR) is 105 cm³/mol. The van der Waals surface area contributed by atoms with Crippen LogP contribution in [-0.4, -0.2) is 53.8 Å². The lowest BCUT2D eigenvalue weighted by Crippen LogP contribution is -2.47. The summed E-state index contributed by atoms with van der Waals surface area (Å²) in [5.41, 5.74) is 2.38. The molecule has 0 radical (unpaired) electrons. The number of carbonyl (C=O) groups is 2. The number of fused-ring (bicyclic) bond motifs is 1. The van der Waals surface area contributed by atoms with Gasteiger partial charge < -0.3 is 5.32 Å². The van der Waals surface area contributed by atoms with Gasteiger partial charge >= 0.3 is 0 Å². The van der Waals surface area contributed by atoms with Crippen molar-refractivity contribution in [1.29, 1.82) is 0 Å². The summed E-state index contributed by atoms with van der Waals surface area (Å²) in [6.45, 7) is 4.14. The molecule has 2 aliphatic heterocycles. The number of rotatable bonds is 6. The molecule has 1 fully saturated rings. The molecule has 0 aliphatic carbocycles. The van der Waals surface area contributed by atoms with E-state index in [1.165, 1.54) is 10.5 Å². The smallest absolute Gasteiger partial charge is 0.261 e. The Morgan fingerprint density at radius 1 is 0.926 bits per heavy atom. The number of piperidine rings is 1. The first kappa shape index (κ1) is 17.9. The molecule has 2 aromatic carbocycles. The maximum atomic E-state index is 12.4. The number of amides is 2. The number of hydrogen-bond donors (Lipinski definition) is 1. The molecule has 0 bridgehead atoms. The summed E-state index contributed by atoms with van der Waals surface area (Å²) in [7, 11) is 0. The van der Waals surface area contributed by atoms with Crippen LogP contribution in [0.2, 0.25) is 0 Å². The summed E-state index contributed by atoms with van der Waals surface area (Å²) in [5, 5.41) is 3.54. The molecule has 1 unspecified atom stereocenters. The topological polar surface area (TPSA) is 52.7 Å². The van der Waals surface area contributed by atoms with E-state index in [1.807, 2.05) is 6.07 Å². The normalized spacial score (nSPS) is 20.1. The van der Waals surface area contributed by atoms with Gasteiger partial charge in [-0.1, -0.05) is 42.5 Å². The highest BCUT2D eigenvalue weighted by molar-refractivity contribution is 6.21. The second-order valence-corrected chi connectivity index (χ2v) is 7.32. The molecule has 1 atom stereocenters. The van der Waals surface area contributed by atoms with E-state index in [4.69, 9.17) is 0 Å². The molecule has 2 aliphatic rings. The van der Waals surface area contributed by atoms with Crippen molar-refractivity contribution in [3.05, 3.63) is 71.3 Å². The van der Waals surface area contributed by atoms with Gasteiger partial charge in [0.15, 0.2) is 0 Å². The van der Waals surface area contributed by atoms with Gasteiger partial charge in [0, 0.05) is 32.2 Å². The number of benzene rings is 2. The highest BCUT2D eigenvalue weighted by Crippen LogP contribution is 2.22. The van der Waals surface area contributed by atoms with Crippen LogP contribution in [0.4, 0.5) is 0 Å². The van der Waals surface area contributed by atoms with Crippen LogP contribution >= 0.6 is 0 Å². The van der Waals surface area contributed by atoms with Crippen molar-refractivity contribution in [2.45, 2.75) is 25.4 Å². The zero-order valence-electron chi connectivity index (χ0n) is 15.4. The van der Waals surface area contributed by atoms with E-state index in [2.05, 4.69) is 34.5 Å². The third-order valence-electron chi connectivity index (χ3n) is 5.40. The lowest BCUT2D eigenvalue weighted by atomic mass is 10.0. The SMILES string of the molecule is O=C1c2ccccc2C(=O)N1CCNC1CCCN(Cc2ccccc2)C1. The number of nitrogens with zero attached hydrogens (tertiary/aromatic N) is 2. The molecule has 0 saturated carbocycles. The van der Waals surface area contributed by atoms with E-state index < -0.39 is 0 Å². The summed E-state index contributed by atoms with van der Waals surface area (Å²) < 4.78 is 0. The summed E-state index contributed by atoms with van der Waals surface area (Å²) in [5.74, 6) is -0.349. The van der Waals surface area contributed by atoms with E-state index in [0.717, 1.165) is 32.5 Å². The third kappa shape index (κ3) is 3.94. The second kappa shape index (κ2) is 8.03. The summed E-state index contributed by atoms with van der Waals surface area (Å²) >= 11 is 0. The Balaban J connectivity index is 1.27. The van der Waals surface area contributed by atoms with Gasteiger partial charge in [-0.15, -0.1) is 0 Å². The van der Waals surface area contributed by atoms with Crippen molar-refractivity contribution in [2.75, 3.05) is 26.2 Å². The number of imide groups is 1. The van der Waals surface area contributed by atoms with Crippen LogP contribution in [0.3, 0.4) is 0 Å². The van der Waals surface area contributed by atoms with E-state index in [1.54, 1.807) is 24.3 Å².